The van der Waals surface area contributed by atoms with Crippen molar-refractivity contribution >= 4 is 17.7 Å². The SMILES string of the molecule is CCc1ccc(-c2ccc(N3CC(CNC(C)=O)OC3=O)cc2F)cc1. The van der Waals surface area contributed by atoms with Crippen LogP contribution in [0.1, 0.15) is 19.4 Å². The van der Waals surface area contributed by atoms with Crippen molar-refractivity contribution < 1.29 is 18.7 Å². The molecule has 5 nitrogen and oxygen atoms in total. The van der Waals surface area contributed by atoms with Crippen LogP contribution in [0, 0.1) is 5.82 Å². The number of halogens is 1. The third-order valence-corrected chi connectivity index (χ3v) is 4.39. The Morgan fingerprint density at radius 2 is 2.00 bits per heavy atom. The summed E-state index contributed by atoms with van der Waals surface area (Å²) in [5.41, 5.74) is 2.90. The summed E-state index contributed by atoms with van der Waals surface area (Å²) in [5.74, 6) is -0.589. The number of carbonyl (C=O) groups is 2. The minimum absolute atomic E-state index is 0.191. The lowest BCUT2D eigenvalue weighted by molar-refractivity contribution is -0.119. The molecule has 0 radical (unpaired) electrons. The summed E-state index contributed by atoms with van der Waals surface area (Å²) in [6, 6.07) is 12.5. The van der Waals surface area contributed by atoms with Gasteiger partial charge < -0.3 is 10.1 Å². The van der Waals surface area contributed by atoms with Crippen LogP contribution in [0.4, 0.5) is 14.9 Å². The van der Waals surface area contributed by atoms with Gasteiger partial charge in [-0.2, -0.15) is 0 Å². The Labute approximate surface area is 151 Å². The first-order valence-electron chi connectivity index (χ1n) is 8.59. The molecule has 0 saturated carbocycles. The molecule has 0 bridgehead atoms. The number of benzene rings is 2. The van der Waals surface area contributed by atoms with E-state index in [-0.39, 0.29) is 19.0 Å². The van der Waals surface area contributed by atoms with E-state index in [0.29, 0.717) is 11.3 Å². The molecule has 0 spiro atoms. The molecule has 136 valence electrons. The highest BCUT2D eigenvalue weighted by Gasteiger charge is 2.32. The first-order valence-corrected chi connectivity index (χ1v) is 8.59. The lowest BCUT2D eigenvalue weighted by Crippen LogP contribution is -2.33. The van der Waals surface area contributed by atoms with Gasteiger partial charge in [-0.15, -0.1) is 0 Å². The Balaban J connectivity index is 1.76. The van der Waals surface area contributed by atoms with Crippen LogP contribution >= 0.6 is 0 Å². The van der Waals surface area contributed by atoms with Crippen LogP contribution in [0.25, 0.3) is 11.1 Å². The number of cyclic esters (lactones) is 1. The largest absolute Gasteiger partial charge is 0.442 e. The summed E-state index contributed by atoms with van der Waals surface area (Å²) in [6.45, 7) is 3.97. The first kappa shape index (κ1) is 17.9. The van der Waals surface area contributed by atoms with Crippen LogP contribution < -0.4 is 10.2 Å². The Kier molecular flexibility index (Phi) is 5.21. The number of aryl methyl sites for hydroxylation is 1. The van der Waals surface area contributed by atoms with Gasteiger partial charge in [0.1, 0.15) is 11.9 Å². The van der Waals surface area contributed by atoms with Crippen molar-refractivity contribution in [1.82, 2.24) is 5.32 Å². The zero-order valence-corrected chi connectivity index (χ0v) is 14.8. The molecule has 6 heteroatoms. The third kappa shape index (κ3) is 3.85. The average molecular weight is 356 g/mol. The van der Waals surface area contributed by atoms with Gasteiger partial charge in [-0.3, -0.25) is 9.69 Å². The second-order valence-electron chi connectivity index (χ2n) is 6.27. The molecule has 1 N–H and O–H groups in total. The number of carbonyl (C=O) groups excluding carboxylic acids is 2. The Bertz CT molecular complexity index is 820. The highest BCUT2D eigenvalue weighted by molar-refractivity contribution is 5.90. The standard InChI is InChI=1S/C20H21FN2O3/c1-3-14-4-6-15(7-5-14)18-9-8-16(10-19(18)21)23-12-17(26-20(23)25)11-22-13(2)24/h4-10,17H,3,11-12H2,1-2H3,(H,22,24). The fourth-order valence-electron chi connectivity index (χ4n) is 2.92. The molecule has 1 saturated heterocycles. The van der Waals surface area contributed by atoms with Crippen LogP contribution in [0.3, 0.4) is 0 Å². The number of amides is 2. The number of hydrogen-bond acceptors (Lipinski definition) is 3. The predicted octanol–water partition coefficient (Wildman–Crippen LogP) is 3.52. The molecular weight excluding hydrogens is 335 g/mol. The summed E-state index contributed by atoms with van der Waals surface area (Å²) in [4.78, 5) is 24.4. The van der Waals surface area contributed by atoms with Crippen LogP contribution in [0.15, 0.2) is 42.5 Å². The predicted molar refractivity (Wildman–Crippen MR) is 97.5 cm³/mol. The fourth-order valence-corrected chi connectivity index (χ4v) is 2.92. The van der Waals surface area contributed by atoms with E-state index in [0.717, 1.165) is 12.0 Å². The lowest BCUT2D eigenvalue weighted by atomic mass is 10.0. The van der Waals surface area contributed by atoms with E-state index in [1.165, 1.54) is 23.5 Å². The first-order chi connectivity index (χ1) is 12.5. The highest BCUT2D eigenvalue weighted by atomic mass is 19.1. The minimum Gasteiger partial charge on any atom is -0.442 e. The fraction of sp³-hybridized carbons (Fsp3) is 0.300. The Morgan fingerprint density at radius 3 is 2.62 bits per heavy atom. The molecule has 1 aliphatic rings. The van der Waals surface area contributed by atoms with Crippen LogP contribution in [0.2, 0.25) is 0 Å². The van der Waals surface area contributed by atoms with Gasteiger partial charge in [0.25, 0.3) is 0 Å². The molecular formula is C20H21FN2O3. The van der Waals surface area contributed by atoms with Crippen LogP contribution in [0.5, 0.6) is 0 Å². The van der Waals surface area contributed by atoms with Crippen LogP contribution in [-0.2, 0) is 16.0 Å². The van der Waals surface area contributed by atoms with Crippen molar-refractivity contribution in [3.8, 4) is 11.1 Å². The van der Waals surface area contributed by atoms with Crippen molar-refractivity contribution in [3.63, 3.8) is 0 Å². The smallest absolute Gasteiger partial charge is 0.414 e. The summed E-state index contributed by atoms with van der Waals surface area (Å²) in [7, 11) is 0. The van der Waals surface area contributed by atoms with Gasteiger partial charge >= 0.3 is 6.09 Å². The Morgan fingerprint density at radius 1 is 1.27 bits per heavy atom. The van der Waals surface area contributed by atoms with Crippen LogP contribution in [-0.4, -0.2) is 31.2 Å². The van der Waals surface area contributed by atoms with Crippen molar-refractivity contribution in [2.75, 3.05) is 18.0 Å². The molecule has 0 aliphatic carbocycles. The van der Waals surface area contributed by atoms with Crippen molar-refractivity contribution in [2.24, 2.45) is 0 Å². The van der Waals surface area contributed by atoms with Crippen molar-refractivity contribution in [3.05, 3.63) is 53.8 Å². The van der Waals surface area contributed by atoms with E-state index >= 15 is 0 Å². The second kappa shape index (κ2) is 7.56. The third-order valence-electron chi connectivity index (χ3n) is 4.39. The number of nitrogens with zero attached hydrogens (tertiary/aromatic N) is 1. The molecule has 3 rings (SSSR count). The van der Waals surface area contributed by atoms with Gasteiger partial charge in [0, 0.05) is 12.5 Å². The van der Waals surface area contributed by atoms with E-state index < -0.39 is 18.0 Å². The number of ether oxygens (including phenoxy) is 1. The van der Waals surface area contributed by atoms with Gasteiger partial charge in [-0.25, -0.2) is 9.18 Å². The second-order valence-corrected chi connectivity index (χ2v) is 6.27. The van der Waals surface area contributed by atoms with Crippen molar-refractivity contribution in [1.29, 1.82) is 0 Å². The maximum absolute atomic E-state index is 14.6. The molecule has 26 heavy (non-hydrogen) atoms. The zero-order valence-electron chi connectivity index (χ0n) is 14.8. The molecule has 1 fully saturated rings. The van der Waals surface area contributed by atoms with E-state index in [1.54, 1.807) is 12.1 Å². The summed E-state index contributed by atoms with van der Waals surface area (Å²) in [6.07, 6.45) is -0.0613. The van der Waals surface area contributed by atoms with E-state index in [4.69, 9.17) is 4.74 Å². The van der Waals surface area contributed by atoms with Gasteiger partial charge in [-0.1, -0.05) is 31.2 Å². The average Bonchev–Trinajstić information content (AvgIpc) is 3.01. The summed E-state index contributed by atoms with van der Waals surface area (Å²) in [5, 5.41) is 2.61. The molecule has 1 aliphatic heterocycles. The molecule has 2 aromatic rings. The molecule has 2 amide bonds. The zero-order chi connectivity index (χ0) is 18.7. The van der Waals surface area contributed by atoms with Gasteiger partial charge in [0.15, 0.2) is 0 Å². The van der Waals surface area contributed by atoms with Gasteiger partial charge in [0.05, 0.1) is 18.8 Å². The number of anilines is 1. The lowest BCUT2D eigenvalue weighted by Gasteiger charge is -2.14. The molecule has 1 heterocycles. The molecule has 2 aromatic carbocycles. The molecule has 0 aromatic heterocycles. The maximum atomic E-state index is 14.6. The number of hydrogen-bond donors (Lipinski definition) is 1. The van der Waals surface area contributed by atoms with E-state index in [2.05, 4.69) is 12.2 Å². The quantitative estimate of drug-likeness (QED) is 0.892. The molecule has 1 unspecified atom stereocenters. The van der Waals surface area contributed by atoms with Gasteiger partial charge in [-0.05, 0) is 35.7 Å². The topological polar surface area (TPSA) is 58.6 Å². The van der Waals surface area contributed by atoms with Gasteiger partial charge in [0.2, 0.25) is 5.91 Å². The minimum atomic E-state index is -0.542. The van der Waals surface area contributed by atoms with E-state index in [1.807, 2.05) is 24.3 Å². The number of nitrogens with one attached hydrogen (secondary N) is 1. The monoisotopic (exact) mass is 356 g/mol. The Hall–Kier alpha value is -2.89. The summed E-state index contributed by atoms with van der Waals surface area (Å²) >= 11 is 0. The highest BCUT2D eigenvalue weighted by Crippen LogP contribution is 2.29. The van der Waals surface area contributed by atoms with Crippen molar-refractivity contribution in [2.45, 2.75) is 26.4 Å². The summed E-state index contributed by atoms with van der Waals surface area (Å²) < 4.78 is 19.8. The van der Waals surface area contributed by atoms with E-state index in [9.17, 15) is 14.0 Å². The number of rotatable bonds is 5. The normalized spacial score (nSPS) is 16.5. The maximum Gasteiger partial charge on any atom is 0.414 e. The molecule has 1 atom stereocenters.